The molecule has 0 saturated carbocycles. The van der Waals surface area contributed by atoms with Crippen molar-refractivity contribution in [3.8, 4) is 11.5 Å². The number of esters is 2. The summed E-state index contributed by atoms with van der Waals surface area (Å²) < 4.78 is 20.5. The molecule has 5 atom stereocenters. The van der Waals surface area contributed by atoms with Gasteiger partial charge in [-0.1, -0.05) is 53.5 Å². The van der Waals surface area contributed by atoms with E-state index in [0.29, 0.717) is 5.56 Å². The SMILES string of the molecule is CCC(C)CC(=O)Oc1ccc(C(C(C)COC(=O)OC)[C@H](N)C(=O)O)cc1OC(=O)CC(C)CC. The second-order valence-corrected chi connectivity index (χ2v) is 9.22. The fourth-order valence-corrected chi connectivity index (χ4v) is 3.49. The van der Waals surface area contributed by atoms with Crippen LogP contribution in [0.1, 0.15) is 71.8 Å². The normalized spacial score (nSPS) is 15.1. The number of benzene rings is 1. The Bertz CT molecular complexity index is 901. The van der Waals surface area contributed by atoms with Gasteiger partial charge in [0, 0.05) is 18.8 Å². The van der Waals surface area contributed by atoms with Gasteiger partial charge in [-0.3, -0.25) is 14.4 Å². The predicted octanol–water partition coefficient (Wildman–Crippen LogP) is 4.28. The van der Waals surface area contributed by atoms with Gasteiger partial charge in [-0.15, -0.1) is 0 Å². The maximum atomic E-state index is 12.6. The molecule has 0 saturated heterocycles. The average molecular weight is 510 g/mol. The topological polar surface area (TPSA) is 151 Å². The molecule has 0 heterocycles. The number of hydrogen-bond acceptors (Lipinski definition) is 9. The van der Waals surface area contributed by atoms with Crippen molar-refractivity contribution in [2.75, 3.05) is 13.7 Å². The zero-order valence-corrected chi connectivity index (χ0v) is 21.9. The van der Waals surface area contributed by atoms with Crippen LogP contribution in [0.2, 0.25) is 0 Å². The van der Waals surface area contributed by atoms with Crippen LogP contribution < -0.4 is 15.2 Å². The van der Waals surface area contributed by atoms with Crippen LogP contribution >= 0.6 is 0 Å². The molecule has 0 aliphatic rings. The monoisotopic (exact) mass is 509 g/mol. The molecule has 0 radical (unpaired) electrons. The zero-order valence-electron chi connectivity index (χ0n) is 21.9. The lowest BCUT2D eigenvalue weighted by atomic mass is 9.82. The fourth-order valence-electron chi connectivity index (χ4n) is 3.49. The van der Waals surface area contributed by atoms with Crippen molar-refractivity contribution in [1.82, 2.24) is 0 Å². The zero-order chi connectivity index (χ0) is 27.4. The van der Waals surface area contributed by atoms with Gasteiger partial charge in [0.05, 0.1) is 13.7 Å². The Kier molecular flexibility index (Phi) is 12.9. The number of carbonyl (C=O) groups excluding carboxylic acids is 3. The second-order valence-electron chi connectivity index (χ2n) is 9.22. The number of rotatable bonds is 14. The third-order valence-corrected chi connectivity index (χ3v) is 6.14. The molecule has 0 spiro atoms. The van der Waals surface area contributed by atoms with E-state index in [2.05, 4.69) is 4.74 Å². The van der Waals surface area contributed by atoms with Gasteiger partial charge in [0.1, 0.15) is 6.04 Å². The maximum absolute atomic E-state index is 12.6. The van der Waals surface area contributed by atoms with E-state index in [9.17, 15) is 24.3 Å². The second kappa shape index (κ2) is 15.1. The van der Waals surface area contributed by atoms with Crippen LogP contribution in [-0.4, -0.2) is 48.9 Å². The van der Waals surface area contributed by atoms with E-state index in [0.717, 1.165) is 20.0 Å². The van der Waals surface area contributed by atoms with Crippen molar-refractivity contribution >= 4 is 24.1 Å². The quantitative estimate of drug-likeness (QED) is 0.274. The highest BCUT2D eigenvalue weighted by molar-refractivity contribution is 5.77. The van der Waals surface area contributed by atoms with E-state index >= 15 is 0 Å². The molecule has 0 aliphatic heterocycles. The van der Waals surface area contributed by atoms with E-state index in [1.165, 1.54) is 12.1 Å². The highest BCUT2D eigenvalue weighted by Crippen LogP contribution is 2.36. The number of aliphatic carboxylic acids is 1. The van der Waals surface area contributed by atoms with Crippen LogP contribution in [0.4, 0.5) is 4.79 Å². The summed E-state index contributed by atoms with van der Waals surface area (Å²) in [5.74, 6) is -3.39. The number of carbonyl (C=O) groups is 4. The lowest BCUT2D eigenvalue weighted by Gasteiger charge is -2.28. The third-order valence-electron chi connectivity index (χ3n) is 6.14. The summed E-state index contributed by atoms with van der Waals surface area (Å²) >= 11 is 0. The van der Waals surface area contributed by atoms with Crippen molar-refractivity contribution in [1.29, 1.82) is 0 Å². The van der Waals surface area contributed by atoms with Crippen molar-refractivity contribution in [3.05, 3.63) is 23.8 Å². The van der Waals surface area contributed by atoms with Gasteiger partial charge >= 0.3 is 24.1 Å². The van der Waals surface area contributed by atoms with Crippen LogP contribution in [0.5, 0.6) is 11.5 Å². The first kappa shape index (κ1) is 30.9. The molecule has 0 bridgehead atoms. The molecule has 0 aromatic heterocycles. The van der Waals surface area contributed by atoms with E-state index in [-0.39, 0.29) is 42.8 Å². The number of ether oxygens (including phenoxy) is 4. The van der Waals surface area contributed by atoms with E-state index in [1.54, 1.807) is 13.0 Å². The molecule has 0 amide bonds. The Hall–Kier alpha value is -3.14. The third kappa shape index (κ3) is 9.85. The van der Waals surface area contributed by atoms with Crippen LogP contribution in [0.25, 0.3) is 0 Å². The molecule has 1 rings (SSSR count). The van der Waals surface area contributed by atoms with Gasteiger partial charge in [0.25, 0.3) is 0 Å². The van der Waals surface area contributed by atoms with E-state index in [4.69, 9.17) is 19.9 Å². The van der Waals surface area contributed by atoms with Crippen LogP contribution in [0.3, 0.4) is 0 Å². The molecular formula is C26H39NO9. The molecule has 36 heavy (non-hydrogen) atoms. The molecule has 202 valence electrons. The Morgan fingerprint density at radius 2 is 1.44 bits per heavy atom. The summed E-state index contributed by atoms with van der Waals surface area (Å²) in [4.78, 5) is 48.2. The highest BCUT2D eigenvalue weighted by atomic mass is 16.7. The highest BCUT2D eigenvalue weighted by Gasteiger charge is 2.33. The van der Waals surface area contributed by atoms with Crippen LogP contribution in [0, 0.1) is 17.8 Å². The van der Waals surface area contributed by atoms with Gasteiger partial charge in [-0.2, -0.15) is 0 Å². The maximum Gasteiger partial charge on any atom is 0.507 e. The number of nitrogens with two attached hydrogens (primary N) is 1. The molecule has 0 aliphatic carbocycles. The number of carboxylic acids is 1. The van der Waals surface area contributed by atoms with Gasteiger partial charge in [0.2, 0.25) is 0 Å². The standard InChI is InChI=1S/C26H39NO9/c1-7-15(3)11-21(28)35-19-10-9-18(13-20(19)36-22(29)12-16(4)8-2)23(24(27)25(30)31)17(5)14-34-26(32)33-6/h9-10,13,15-17,23-24H,7-8,11-12,14,27H2,1-6H3,(H,30,31)/t15?,16?,17?,23?,24-/m0/s1. The Balaban J connectivity index is 3.38. The lowest BCUT2D eigenvalue weighted by Crippen LogP contribution is -2.40. The molecule has 1 aromatic rings. The van der Waals surface area contributed by atoms with Crippen LogP contribution in [-0.2, 0) is 23.9 Å². The first-order valence-electron chi connectivity index (χ1n) is 12.2. The van der Waals surface area contributed by atoms with E-state index in [1.807, 2.05) is 27.7 Å². The molecule has 3 N–H and O–H groups in total. The largest absolute Gasteiger partial charge is 0.507 e. The summed E-state index contributed by atoms with van der Waals surface area (Å²) in [6.45, 7) is 9.27. The minimum Gasteiger partial charge on any atom is -0.480 e. The summed E-state index contributed by atoms with van der Waals surface area (Å²) in [7, 11) is 1.16. The minimum atomic E-state index is -1.36. The van der Waals surface area contributed by atoms with Crippen molar-refractivity contribution in [2.45, 2.75) is 72.3 Å². The van der Waals surface area contributed by atoms with E-state index < -0.39 is 41.9 Å². The Morgan fingerprint density at radius 3 is 1.92 bits per heavy atom. The van der Waals surface area contributed by atoms with Gasteiger partial charge < -0.3 is 29.8 Å². The first-order chi connectivity index (χ1) is 16.9. The van der Waals surface area contributed by atoms with Gasteiger partial charge in [-0.05, 0) is 35.4 Å². The Morgan fingerprint density at radius 1 is 0.917 bits per heavy atom. The summed E-state index contributed by atoms with van der Waals surface area (Å²) in [5.41, 5.74) is 6.41. The summed E-state index contributed by atoms with van der Waals surface area (Å²) in [5, 5.41) is 9.60. The van der Waals surface area contributed by atoms with Crippen LogP contribution in [0.15, 0.2) is 18.2 Å². The summed E-state index contributed by atoms with van der Waals surface area (Å²) in [6.07, 6.45) is 1.01. The fraction of sp³-hybridized carbons (Fsp3) is 0.615. The number of hydrogen-bond donors (Lipinski definition) is 2. The first-order valence-corrected chi connectivity index (χ1v) is 12.2. The molecule has 1 aromatic carbocycles. The predicted molar refractivity (Wildman–Crippen MR) is 132 cm³/mol. The lowest BCUT2D eigenvalue weighted by molar-refractivity contribution is -0.139. The van der Waals surface area contributed by atoms with Crippen molar-refractivity contribution in [3.63, 3.8) is 0 Å². The molecule has 10 nitrogen and oxygen atoms in total. The molecular weight excluding hydrogens is 470 g/mol. The average Bonchev–Trinajstić information content (AvgIpc) is 2.83. The van der Waals surface area contributed by atoms with Gasteiger partial charge in [0.15, 0.2) is 11.5 Å². The molecule has 4 unspecified atom stereocenters. The minimum absolute atomic E-state index is 0.0121. The number of carboxylic acid groups (broad SMARTS) is 1. The van der Waals surface area contributed by atoms with Gasteiger partial charge in [-0.25, -0.2) is 4.79 Å². The molecule has 10 heteroatoms. The van der Waals surface area contributed by atoms with Crippen molar-refractivity contribution in [2.24, 2.45) is 23.5 Å². The summed E-state index contributed by atoms with van der Waals surface area (Å²) in [6, 6.07) is 3.09. The molecule has 0 fully saturated rings. The smallest absolute Gasteiger partial charge is 0.480 e. The number of methoxy groups -OCH3 is 1. The van der Waals surface area contributed by atoms with Crippen molar-refractivity contribution < 1.29 is 43.2 Å². The Labute approximate surface area is 212 Å².